The molecule has 0 aromatic heterocycles. The normalized spacial score (nSPS) is 12.3. The summed E-state index contributed by atoms with van der Waals surface area (Å²) in [7, 11) is 1.76. The van der Waals surface area contributed by atoms with Crippen LogP contribution in [0.4, 0.5) is 5.69 Å². The van der Waals surface area contributed by atoms with Gasteiger partial charge in [-0.05, 0) is 69.0 Å². The molecule has 3 rings (SSSR count). The van der Waals surface area contributed by atoms with Crippen LogP contribution in [0.25, 0.3) is 0 Å². The van der Waals surface area contributed by atoms with E-state index in [-0.39, 0.29) is 16.8 Å². The number of anilines is 1. The van der Waals surface area contributed by atoms with Gasteiger partial charge < -0.3 is 15.0 Å². The predicted molar refractivity (Wildman–Crippen MR) is 130 cm³/mol. The number of likely N-dealkylation sites (N-methyl/N-ethyl adjacent to an activating group) is 1. The van der Waals surface area contributed by atoms with Crippen LogP contribution in [-0.2, 0) is 10.0 Å². The lowest BCUT2D eigenvalue weighted by Gasteiger charge is -2.25. The van der Waals surface area contributed by atoms with Crippen LogP contribution < -0.4 is 14.8 Å². The van der Waals surface area contributed by atoms with Crippen LogP contribution in [0, 0.1) is 6.92 Å². The van der Waals surface area contributed by atoms with Gasteiger partial charge in [0.1, 0.15) is 5.75 Å². The molecule has 0 fully saturated rings. The predicted octanol–water partition coefficient (Wildman–Crippen LogP) is 3.84. The second kappa shape index (κ2) is 10.5. The molecule has 1 atom stereocenters. The number of ether oxygens (including phenoxy) is 1. The molecule has 0 bridgehead atoms. The van der Waals surface area contributed by atoms with Crippen molar-refractivity contribution in [2.24, 2.45) is 0 Å². The summed E-state index contributed by atoms with van der Waals surface area (Å²) in [4.78, 5) is 15.0. The third-order valence-corrected chi connectivity index (χ3v) is 6.69. The molecular formula is C25H29N3O4S. The van der Waals surface area contributed by atoms with E-state index in [1.807, 2.05) is 50.2 Å². The van der Waals surface area contributed by atoms with Crippen LogP contribution in [-0.4, -0.2) is 47.0 Å². The van der Waals surface area contributed by atoms with E-state index in [2.05, 4.69) is 10.0 Å². The van der Waals surface area contributed by atoms with Gasteiger partial charge >= 0.3 is 0 Å². The number of nitrogens with one attached hydrogen (secondary N) is 2. The van der Waals surface area contributed by atoms with Gasteiger partial charge in [-0.3, -0.25) is 9.52 Å². The Morgan fingerprint density at radius 2 is 1.67 bits per heavy atom. The SMILES string of the molecule is COc1ccc([C@@H](CNC(=O)c2cccc(NS(=O)(=O)c3ccc(C)cc3)c2)N(C)C)cc1. The zero-order valence-corrected chi connectivity index (χ0v) is 20.0. The topological polar surface area (TPSA) is 87.7 Å². The highest BCUT2D eigenvalue weighted by Gasteiger charge is 2.18. The van der Waals surface area contributed by atoms with Crippen LogP contribution >= 0.6 is 0 Å². The molecule has 0 saturated carbocycles. The van der Waals surface area contributed by atoms with E-state index in [1.165, 1.54) is 6.07 Å². The Balaban J connectivity index is 1.70. The maximum atomic E-state index is 12.8. The molecule has 0 spiro atoms. The number of amides is 1. The van der Waals surface area contributed by atoms with Crippen molar-refractivity contribution in [3.63, 3.8) is 0 Å². The van der Waals surface area contributed by atoms with Gasteiger partial charge in [-0.1, -0.05) is 35.9 Å². The van der Waals surface area contributed by atoms with Crippen LogP contribution in [0.2, 0.25) is 0 Å². The molecular weight excluding hydrogens is 438 g/mol. The average molecular weight is 468 g/mol. The second-order valence-electron chi connectivity index (χ2n) is 7.96. The first-order valence-corrected chi connectivity index (χ1v) is 12.0. The molecule has 174 valence electrons. The Morgan fingerprint density at radius 3 is 2.27 bits per heavy atom. The summed E-state index contributed by atoms with van der Waals surface area (Å²) in [6, 6.07) is 20.7. The van der Waals surface area contributed by atoms with Gasteiger partial charge in [-0.25, -0.2) is 8.42 Å². The van der Waals surface area contributed by atoms with Crippen molar-refractivity contribution >= 4 is 21.6 Å². The van der Waals surface area contributed by atoms with Gasteiger partial charge in [0, 0.05) is 17.8 Å². The highest BCUT2D eigenvalue weighted by molar-refractivity contribution is 7.92. The van der Waals surface area contributed by atoms with Crippen molar-refractivity contribution in [3.8, 4) is 5.75 Å². The summed E-state index contributed by atoms with van der Waals surface area (Å²) in [5.41, 5.74) is 2.70. The maximum Gasteiger partial charge on any atom is 0.261 e. The number of rotatable bonds is 9. The summed E-state index contributed by atoms with van der Waals surface area (Å²) in [5, 5.41) is 2.95. The lowest BCUT2D eigenvalue weighted by atomic mass is 10.1. The maximum absolute atomic E-state index is 12.8. The van der Waals surface area contributed by atoms with Crippen LogP contribution in [0.1, 0.15) is 27.5 Å². The molecule has 0 aliphatic carbocycles. The molecule has 1 amide bonds. The third kappa shape index (κ3) is 6.34. The van der Waals surface area contributed by atoms with Crippen molar-refractivity contribution in [1.29, 1.82) is 0 Å². The van der Waals surface area contributed by atoms with Crippen molar-refractivity contribution in [2.75, 3.05) is 32.5 Å². The van der Waals surface area contributed by atoms with Crippen LogP contribution in [0.5, 0.6) is 5.75 Å². The van der Waals surface area contributed by atoms with Crippen molar-refractivity contribution in [1.82, 2.24) is 10.2 Å². The minimum Gasteiger partial charge on any atom is -0.497 e. The lowest BCUT2D eigenvalue weighted by molar-refractivity contribution is 0.0942. The fourth-order valence-electron chi connectivity index (χ4n) is 3.37. The second-order valence-corrected chi connectivity index (χ2v) is 9.64. The Morgan fingerprint density at radius 1 is 1.00 bits per heavy atom. The minimum absolute atomic E-state index is 0.0388. The number of carbonyl (C=O) groups is 1. The summed E-state index contributed by atoms with van der Waals surface area (Å²) < 4.78 is 33.1. The molecule has 8 heteroatoms. The zero-order valence-electron chi connectivity index (χ0n) is 19.2. The monoisotopic (exact) mass is 467 g/mol. The first kappa shape index (κ1) is 24.3. The highest BCUT2D eigenvalue weighted by atomic mass is 32.2. The van der Waals surface area contributed by atoms with Gasteiger partial charge in [0.15, 0.2) is 0 Å². The van der Waals surface area contributed by atoms with Crippen LogP contribution in [0.3, 0.4) is 0 Å². The zero-order chi connectivity index (χ0) is 24.0. The van der Waals surface area contributed by atoms with Gasteiger partial charge in [-0.15, -0.1) is 0 Å². The number of hydrogen-bond acceptors (Lipinski definition) is 5. The van der Waals surface area contributed by atoms with Gasteiger partial charge in [0.2, 0.25) is 0 Å². The van der Waals surface area contributed by atoms with Crippen LogP contribution in [0.15, 0.2) is 77.7 Å². The Labute approximate surface area is 195 Å². The molecule has 0 unspecified atom stereocenters. The molecule has 3 aromatic rings. The summed E-state index contributed by atoms with van der Waals surface area (Å²) in [6.45, 7) is 2.28. The third-order valence-electron chi connectivity index (χ3n) is 5.29. The summed E-state index contributed by atoms with van der Waals surface area (Å²) in [6.07, 6.45) is 0. The van der Waals surface area contributed by atoms with E-state index in [9.17, 15) is 13.2 Å². The fraction of sp³-hybridized carbons (Fsp3) is 0.240. The highest BCUT2D eigenvalue weighted by Crippen LogP contribution is 2.21. The molecule has 0 aliphatic rings. The van der Waals surface area contributed by atoms with Crippen molar-refractivity contribution < 1.29 is 17.9 Å². The number of nitrogens with zero attached hydrogens (tertiary/aromatic N) is 1. The van der Waals surface area contributed by atoms with E-state index in [0.717, 1.165) is 16.9 Å². The van der Waals surface area contributed by atoms with E-state index in [4.69, 9.17) is 4.74 Å². The molecule has 0 aliphatic heterocycles. The molecule has 0 heterocycles. The lowest BCUT2D eigenvalue weighted by Crippen LogP contribution is -2.34. The molecule has 0 radical (unpaired) electrons. The number of aryl methyl sites for hydroxylation is 1. The van der Waals surface area contributed by atoms with Gasteiger partial charge in [-0.2, -0.15) is 0 Å². The number of carbonyl (C=O) groups excluding carboxylic acids is 1. The van der Waals surface area contributed by atoms with E-state index in [1.54, 1.807) is 49.6 Å². The summed E-state index contributed by atoms with van der Waals surface area (Å²) >= 11 is 0. The number of sulfonamides is 1. The molecule has 0 saturated heterocycles. The summed E-state index contributed by atoms with van der Waals surface area (Å²) in [5.74, 6) is 0.483. The number of methoxy groups -OCH3 is 1. The molecule has 3 aromatic carbocycles. The van der Waals surface area contributed by atoms with Crippen molar-refractivity contribution in [3.05, 3.63) is 89.5 Å². The molecule has 2 N–H and O–H groups in total. The quantitative estimate of drug-likeness (QED) is 0.499. The van der Waals surface area contributed by atoms with Gasteiger partial charge in [0.05, 0.1) is 18.0 Å². The number of benzene rings is 3. The fourth-order valence-corrected chi connectivity index (χ4v) is 4.42. The van der Waals surface area contributed by atoms with E-state index in [0.29, 0.717) is 17.8 Å². The molecule has 7 nitrogen and oxygen atoms in total. The van der Waals surface area contributed by atoms with Gasteiger partial charge in [0.25, 0.3) is 15.9 Å². The minimum atomic E-state index is -3.75. The molecule has 33 heavy (non-hydrogen) atoms. The Bertz CT molecular complexity index is 1190. The first-order valence-electron chi connectivity index (χ1n) is 10.5. The largest absolute Gasteiger partial charge is 0.497 e. The number of hydrogen-bond donors (Lipinski definition) is 2. The smallest absolute Gasteiger partial charge is 0.261 e. The standard InChI is InChI=1S/C25H29N3O4S/c1-18-8-14-23(15-9-18)33(30,31)27-21-7-5-6-20(16-21)25(29)26-17-24(28(2)3)19-10-12-22(32-4)13-11-19/h5-16,24,27H,17H2,1-4H3,(H,26,29)/t24-/m1/s1. The van der Waals surface area contributed by atoms with E-state index < -0.39 is 10.0 Å². The Kier molecular flexibility index (Phi) is 7.73. The average Bonchev–Trinajstić information content (AvgIpc) is 2.79. The van der Waals surface area contributed by atoms with Crippen molar-refractivity contribution in [2.45, 2.75) is 17.9 Å². The Hall–Kier alpha value is -3.36. The first-order chi connectivity index (χ1) is 15.7. The van der Waals surface area contributed by atoms with E-state index >= 15 is 0 Å².